The van der Waals surface area contributed by atoms with Gasteiger partial charge in [-0.3, -0.25) is 9.59 Å². The van der Waals surface area contributed by atoms with Crippen molar-refractivity contribution in [1.82, 2.24) is 25.8 Å². The summed E-state index contributed by atoms with van der Waals surface area (Å²) in [6.07, 6.45) is 17.8. The Bertz CT molecular complexity index is 1210. The number of amides is 2. The van der Waals surface area contributed by atoms with Gasteiger partial charge in [-0.15, -0.1) is 21.5 Å². The third-order valence-electron chi connectivity index (χ3n) is 7.66. The van der Waals surface area contributed by atoms with E-state index in [1.807, 2.05) is 27.7 Å². The average molecular weight is 704 g/mol. The molecule has 1 saturated carbocycles. The fourth-order valence-electron chi connectivity index (χ4n) is 4.97. The maximum Gasteiger partial charge on any atom is 0.275 e. The molecule has 2 aromatic rings. The van der Waals surface area contributed by atoms with Crippen LogP contribution in [0.15, 0.2) is 28.7 Å². The van der Waals surface area contributed by atoms with Gasteiger partial charge in [0, 0.05) is 18.4 Å². The molecule has 2 amide bonds. The summed E-state index contributed by atoms with van der Waals surface area (Å²) in [4.78, 5) is 37.7. The Balaban J connectivity index is 0.000000996. The number of methoxy groups -OCH3 is 1. The van der Waals surface area contributed by atoms with Crippen LogP contribution < -0.4 is 10.6 Å². The molecule has 0 aromatic carbocycles. The zero-order chi connectivity index (χ0) is 37.2. The Kier molecular flexibility index (Phi) is 24.9. The predicted molar refractivity (Wildman–Crippen MR) is 201 cm³/mol. The fourth-order valence-corrected chi connectivity index (χ4v) is 5.85. The highest BCUT2D eigenvalue weighted by atomic mass is 32.1. The van der Waals surface area contributed by atoms with Crippen molar-refractivity contribution in [2.24, 2.45) is 5.92 Å². The van der Waals surface area contributed by atoms with Crippen LogP contribution in [0.5, 0.6) is 0 Å². The van der Waals surface area contributed by atoms with Gasteiger partial charge in [-0.2, -0.15) is 0 Å². The number of nitrogens with one attached hydrogen (secondary N) is 2. The number of carbonyl (C=O) groups excluding carboxylic acids is 3. The minimum atomic E-state index is -0.605. The molecule has 0 aliphatic heterocycles. The summed E-state index contributed by atoms with van der Waals surface area (Å²) in [7, 11) is 1.71. The number of hydrogen-bond donors (Lipinski definition) is 2. The molecule has 2 heterocycles. The van der Waals surface area contributed by atoms with Crippen molar-refractivity contribution in [2.75, 3.05) is 7.11 Å². The van der Waals surface area contributed by atoms with Gasteiger partial charge in [-0.25, -0.2) is 4.98 Å². The van der Waals surface area contributed by atoms with Gasteiger partial charge in [0.1, 0.15) is 12.0 Å². The SMILES string of the molecule is C=C(NC(=O)c1csc(CCC)n1)C(=O)NC(=C)c1nnc(C2CCCCCC2)o1.CC=O.CCCC(CCC)CCC.COC(C)(C)C. The first-order valence-electron chi connectivity index (χ1n) is 18.0. The highest BCUT2D eigenvalue weighted by Gasteiger charge is 2.22. The number of hydrogen-bond acceptors (Lipinski definition) is 9. The van der Waals surface area contributed by atoms with Gasteiger partial charge in [0.05, 0.1) is 22.0 Å². The third-order valence-corrected chi connectivity index (χ3v) is 8.57. The van der Waals surface area contributed by atoms with Crippen molar-refractivity contribution >= 4 is 35.1 Å². The lowest BCUT2D eigenvalue weighted by atomic mass is 9.94. The maximum atomic E-state index is 12.4. The quantitative estimate of drug-likeness (QED) is 0.113. The zero-order valence-electron chi connectivity index (χ0n) is 31.9. The van der Waals surface area contributed by atoms with Crippen molar-refractivity contribution < 1.29 is 23.5 Å². The molecule has 1 aliphatic rings. The number of aromatic nitrogens is 3. The number of nitrogens with zero attached hydrogens (tertiary/aromatic N) is 3. The van der Waals surface area contributed by atoms with Crippen molar-refractivity contribution in [2.45, 2.75) is 157 Å². The Hall–Kier alpha value is -3.18. The zero-order valence-corrected chi connectivity index (χ0v) is 32.7. The van der Waals surface area contributed by atoms with E-state index >= 15 is 0 Å². The monoisotopic (exact) mass is 703 g/mol. The van der Waals surface area contributed by atoms with Crippen LogP contribution >= 0.6 is 11.3 Å². The second kappa shape index (κ2) is 26.7. The predicted octanol–water partition coefficient (Wildman–Crippen LogP) is 9.59. The van der Waals surface area contributed by atoms with Gasteiger partial charge in [-0.1, -0.05) is 105 Å². The van der Waals surface area contributed by atoms with Gasteiger partial charge >= 0.3 is 0 Å². The molecule has 49 heavy (non-hydrogen) atoms. The lowest BCUT2D eigenvalue weighted by Gasteiger charge is -2.14. The lowest BCUT2D eigenvalue weighted by molar-refractivity contribution is -0.116. The smallest absolute Gasteiger partial charge is 0.275 e. The molecule has 0 saturated heterocycles. The first kappa shape index (κ1) is 45.8. The van der Waals surface area contributed by atoms with Crippen molar-refractivity contribution in [1.29, 1.82) is 0 Å². The molecule has 0 radical (unpaired) electrons. The molecule has 0 spiro atoms. The summed E-state index contributed by atoms with van der Waals surface area (Å²) in [6.45, 7) is 23.8. The minimum Gasteiger partial charge on any atom is -0.419 e. The fraction of sp³-hybridized carbons (Fsp3) is 0.684. The van der Waals surface area contributed by atoms with Crippen LogP contribution in [-0.4, -0.2) is 46.0 Å². The van der Waals surface area contributed by atoms with Crippen LogP contribution in [0, 0.1) is 5.92 Å². The van der Waals surface area contributed by atoms with E-state index in [-0.39, 0.29) is 34.5 Å². The molecule has 278 valence electrons. The first-order chi connectivity index (χ1) is 23.3. The summed E-state index contributed by atoms with van der Waals surface area (Å²) in [5, 5.41) is 15.7. The van der Waals surface area contributed by atoms with Crippen LogP contribution in [0.25, 0.3) is 5.70 Å². The summed E-state index contributed by atoms with van der Waals surface area (Å²) in [6, 6.07) is 0. The normalized spacial score (nSPS) is 12.9. The molecule has 10 nitrogen and oxygen atoms in total. The highest BCUT2D eigenvalue weighted by Crippen LogP contribution is 2.31. The van der Waals surface area contributed by atoms with E-state index in [9.17, 15) is 9.59 Å². The molecule has 2 N–H and O–H groups in total. The molecule has 0 unspecified atom stereocenters. The van der Waals surface area contributed by atoms with Crippen LogP contribution in [0.1, 0.15) is 172 Å². The Morgan fingerprint density at radius 2 is 1.51 bits per heavy atom. The standard InChI is InChI=1S/C21H27N5O3S.C10H22.C5H12O.C2H4O/c1-4-9-17-24-16(12-30-17)19(28)22-13(2)18(27)23-14(3)20-25-26-21(29-20)15-10-7-5-6-8-11-15;1-4-7-10(8-5-2)9-6-3;1-5(2,3)6-4;1-2-3/h12,15H,2-11H2,1H3,(H,22,28)(H,23,27);10H,4-9H2,1-3H3;1-4H3;2H,1H3. The molecule has 0 atom stereocenters. The van der Waals surface area contributed by atoms with E-state index < -0.39 is 11.8 Å². The Morgan fingerprint density at radius 1 is 0.980 bits per heavy atom. The molecule has 2 aromatic heterocycles. The van der Waals surface area contributed by atoms with Crippen LogP contribution in [0.4, 0.5) is 0 Å². The van der Waals surface area contributed by atoms with Crippen molar-refractivity contribution in [3.8, 4) is 0 Å². The summed E-state index contributed by atoms with van der Waals surface area (Å²) in [5.41, 5.74) is 0.359. The summed E-state index contributed by atoms with van der Waals surface area (Å²) in [5.74, 6) is 0.938. The molecule has 0 bridgehead atoms. The van der Waals surface area contributed by atoms with Crippen LogP contribution in [-0.2, 0) is 20.7 Å². The summed E-state index contributed by atoms with van der Waals surface area (Å²) >= 11 is 1.42. The number of thiazole rings is 1. The Morgan fingerprint density at radius 3 is 1.98 bits per heavy atom. The number of carbonyl (C=O) groups is 3. The number of rotatable bonds is 14. The molecular formula is C38H65N5O5S. The minimum absolute atomic E-state index is 0.0417. The van der Waals surface area contributed by atoms with E-state index in [1.54, 1.807) is 12.5 Å². The average Bonchev–Trinajstić information content (AvgIpc) is 3.66. The second-order valence-electron chi connectivity index (χ2n) is 13.2. The highest BCUT2D eigenvalue weighted by molar-refractivity contribution is 7.09. The van der Waals surface area contributed by atoms with Crippen molar-refractivity contribution in [3.05, 3.63) is 46.7 Å². The van der Waals surface area contributed by atoms with Gasteiger partial charge in [0.2, 0.25) is 5.89 Å². The topological polar surface area (TPSA) is 136 Å². The lowest BCUT2D eigenvalue weighted by Crippen LogP contribution is -2.33. The van der Waals surface area contributed by atoms with Crippen molar-refractivity contribution in [3.63, 3.8) is 0 Å². The van der Waals surface area contributed by atoms with Gasteiger partial charge in [-0.05, 0) is 59.3 Å². The van der Waals surface area contributed by atoms with E-state index in [2.05, 4.69) is 59.7 Å². The third kappa shape index (κ3) is 20.8. The van der Waals surface area contributed by atoms with E-state index in [0.717, 1.165) is 55.7 Å². The molecule has 1 aliphatic carbocycles. The molecule has 11 heteroatoms. The van der Waals surface area contributed by atoms with E-state index in [1.165, 1.54) is 69.6 Å². The number of aryl methyl sites for hydroxylation is 1. The number of aldehydes is 1. The van der Waals surface area contributed by atoms with Gasteiger partial charge in [0.15, 0.2) is 0 Å². The number of ether oxygens (including phenoxy) is 1. The largest absolute Gasteiger partial charge is 0.419 e. The summed E-state index contributed by atoms with van der Waals surface area (Å²) < 4.78 is 10.7. The van der Waals surface area contributed by atoms with E-state index in [4.69, 9.17) is 13.9 Å². The Labute approximate surface area is 300 Å². The second-order valence-corrected chi connectivity index (χ2v) is 14.1. The first-order valence-corrected chi connectivity index (χ1v) is 18.9. The van der Waals surface area contributed by atoms with Gasteiger partial charge < -0.3 is 24.6 Å². The van der Waals surface area contributed by atoms with Crippen LogP contribution in [0.3, 0.4) is 0 Å². The molecular weight excluding hydrogens is 639 g/mol. The van der Waals surface area contributed by atoms with Crippen LogP contribution in [0.2, 0.25) is 0 Å². The maximum absolute atomic E-state index is 12.4. The molecule has 3 rings (SSSR count). The van der Waals surface area contributed by atoms with Gasteiger partial charge in [0.25, 0.3) is 17.7 Å². The van der Waals surface area contributed by atoms with E-state index in [0.29, 0.717) is 5.89 Å². The molecule has 1 fully saturated rings.